The van der Waals surface area contributed by atoms with Crippen molar-refractivity contribution in [2.24, 2.45) is 0 Å². The van der Waals surface area contributed by atoms with E-state index >= 15 is 0 Å². The Morgan fingerprint density at radius 1 is 1.17 bits per heavy atom. The molecule has 10 heteroatoms. The number of carbonyl (C=O) groups is 1. The summed E-state index contributed by atoms with van der Waals surface area (Å²) in [6, 6.07) is 7.92. The van der Waals surface area contributed by atoms with Crippen LogP contribution in [0.4, 0.5) is 17.2 Å². The molecule has 36 heavy (non-hydrogen) atoms. The molecule has 0 radical (unpaired) electrons. The number of hydrogen-bond acceptors (Lipinski definition) is 9. The van der Waals surface area contributed by atoms with E-state index in [4.69, 9.17) is 19.6 Å². The largest absolute Gasteiger partial charge is 0.474 e. The van der Waals surface area contributed by atoms with Crippen molar-refractivity contribution in [3.05, 3.63) is 36.2 Å². The predicted molar refractivity (Wildman–Crippen MR) is 141 cm³/mol. The summed E-state index contributed by atoms with van der Waals surface area (Å²) in [4.78, 5) is 21.1. The van der Waals surface area contributed by atoms with E-state index in [1.54, 1.807) is 12.0 Å². The molecule has 2 aliphatic rings. The van der Waals surface area contributed by atoms with Gasteiger partial charge in [-0.25, -0.2) is 9.97 Å². The first-order chi connectivity index (χ1) is 17.5. The fourth-order valence-electron chi connectivity index (χ4n) is 3.81. The number of carbonyl (C=O) groups excluding carboxylic acids is 1. The second kappa shape index (κ2) is 14.4. The van der Waals surface area contributed by atoms with Crippen LogP contribution in [0.25, 0.3) is 0 Å². The van der Waals surface area contributed by atoms with Crippen LogP contribution in [0, 0.1) is 5.41 Å². The average Bonchev–Trinajstić information content (AvgIpc) is 3.43. The van der Waals surface area contributed by atoms with E-state index in [0.29, 0.717) is 36.5 Å². The molecule has 0 spiro atoms. The lowest BCUT2D eigenvalue weighted by Gasteiger charge is -2.29. The highest BCUT2D eigenvalue weighted by Gasteiger charge is 2.22. The summed E-state index contributed by atoms with van der Waals surface area (Å²) < 4.78 is 16.4. The van der Waals surface area contributed by atoms with Crippen LogP contribution in [0.3, 0.4) is 0 Å². The standard InChI is InChI=1S/C22H28N6O3.C4H10O/c23-12-20-21(25-14-26-22(20)31-18-7-9-28(15-29)10-8-18)27-17-5-3-16(4-6-17)24-13-19-2-1-11-30-19;1-4(2)5-3/h3-6,12,14-15,18-19,23-24H,1-2,7-11,13H2,(H,25,26,27);4H,1-3H3. The van der Waals surface area contributed by atoms with Crippen molar-refractivity contribution < 1.29 is 19.0 Å². The maximum absolute atomic E-state index is 10.9. The number of ether oxygens (including phenoxy) is 3. The number of rotatable bonds is 10. The lowest BCUT2D eigenvalue weighted by atomic mass is 10.1. The van der Waals surface area contributed by atoms with Gasteiger partial charge >= 0.3 is 0 Å². The first-order valence-electron chi connectivity index (χ1n) is 12.5. The number of anilines is 3. The van der Waals surface area contributed by atoms with E-state index in [0.717, 1.165) is 56.6 Å². The Hall–Kier alpha value is -3.24. The molecule has 2 aliphatic heterocycles. The molecule has 10 nitrogen and oxygen atoms in total. The zero-order chi connectivity index (χ0) is 25.8. The predicted octanol–water partition coefficient (Wildman–Crippen LogP) is 3.85. The third kappa shape index (κ3) is 8.46. The third-order valence-corrected chi connectivity index (χ3v) is 6.07. The molecule has 3 heterocycles. The van der Waals surface area contributed by atoms with Gasteiger partial charge in [-0.15, -0.1) is 0 Å². The fourth-order valence-corrected chi connectivity index (χ4v) is 3.81. The Balaban J connectivity index is 0.000000658. The van der Waals surface area contributed by atoms with E-state index in [2.05, 4.69) is 20.6 Å². The van der Waals surface area contributed by atoms with Crippen molar-refractivity contribution in [2.45, 2.75) is 57.8 Å². The zero-order valence-electron chi connectivity index (χ0n) is 21.4. The minimum atomic E-state index is -0.0353. The van der Waals surface area contributed by atoms with E-state index in [1.807, 2.05) is 38.1 Å². The van der Waals surface area contributed by atoms with Gasteiger partial charge in [0.05, 0.1) is 17.8 Å². The fraction of sp³-hybridized carbons (Fsp3) is 0.538. The van der Waals surface area contributed by atoms with Crippen LogP contribution in [0.5, 0.6) is 5.88 Å². The summed E-state index contributed by atoms with van der Waals surface area (Å²) in [5, 5.41) is 14.5. The monoisotopic (exact) mass is 498 g/mol. The number of benzene rings is 1. The first kappa shape index (κ1) is 27.3. The summed E-state index contributed by atoms with van der Waals surface area (Å²) in [6.45, 7) is 6.99. The molecule has 1 amide bonds. The van der Waals surface area contributed by atoms with Crippen molar-refractivity contribution in [3.63, 3.8) is 0 Å². The SMILES string of the molecule is COC(C)C.N=Cc1c(Nc2ccc(NCC3CCCO3)cc2)ncnc1OC1CCN(C=O)CC1. The minimum Gasteiger partial charge on any atom is -0.474 e. The van der Waals surface area contributed by atoms with Gasteiger partial charge in [-0.05, 0) is 51.0 Å². The quantitative estimate of drug-likeness (QED) is 0.334. The number of hydrogen-bond donors (Lipinski definition) is 3. The molecule has 2 saturated heterocycles. The number of amides is 1. The van der Waals surface area contributed by atoms with Crippen molar-refractivity contribution in [3.8, 4) is 5.88 Å². The molecule has 1 aromatic carbocycles. The van der Waals surface area contributed by atoms with E-state index in [-0.39, 0.29) is 12.2 Å². The Labute approximate surface area is 213 Å². The van der Waals surface area contributed by atoms with Crippen LogP contribution in [0.2, 0.25) is 0 Å². The minimum absolute atomic E-state index is 0.0353. The normalized spacial score (nSPS) is 17.8. The molecule has 1 aromatic heterocycles. The van der Waals surface area contributed by atoms with Gasteiger partial charge in [0.25, 0.3) is 0 Å². The Morgan fingerprint density at radius 2 is 1.86 bits per heavy atom. The second-order valence-electron chi connectivity index (χ2n) is 9.05. The van der Waals surface area contributed by atoms with Gasteiger partial charge in [0, 0.05) is 63.8 Å². The molecule has 3 N–H and O–H groups in total. The molecule has 4 rings (SSSR count). The molecule has 2 fully saturated rings. The van der Waals surface area contributed by atoms with Crippen LogP contribution < -0.4 is 15.4 Å². The molecular formula is C26H38N6O4. The van der Waals surface area contributed by atoms with Gasteiger partial charge in [0.1, 0.15) is 18.2 Å². The van der Waals surface area contributed by atoms with Crippen molar-refractivity contribution in [1.29, 1.82) is 5.41 Å². The highest BCUT2D eigenvalue weighted by molar-refractivity contribution is 5.88. The number of methoxy groups -OCH3 is 1. The van der Waals surface area contributed by atoms with E-state index < -0.39 is 0 Å². The first-order valence-corrected chi connectivity index (χ1v) is 12.5. The molecule has 0 saturated carbocycles. The average molecular weight is 499 g/mol. The molecule has 0 aliphatic carbocycles. The third-order valence-electron chi connectivity index (χ3n) is 6.07. The topological polar surface area (TPSA) is 122 Å². The Morgan fingerprint density at radius 3 is 2.44 bits per heavy atom. The van der Waals surface area contributed by atoms with E-state index in [9.17, 15) is 4.79 Å². The molecular weight excluding hydrogens is 460 g/mol. The number of piperidine rings is 1. The molecule has 0 bridgehead atoms. The highest BCUT2D eigenvalue weighted by atomic mass is 16.5. The number of likely N-dealkylation sites (tertiary alicyclic amines) is 1. The summed E-state index contributed by atoms with van der Waals surface area (Å²) >= 11 is 0. The van der Waals surface area contributed by atoms with Crippen LogP contribution in [-0.4, -0.2) is 79.2 Å². The molecule has 1 unspecified atom stereocenters. The Bertz CT molecular complexity index is 942. The maximum atomic E-state index is 10.9. The van der Waals surface area contributed by atoms with Gasteiger partial charge < -0.3 is 35.2 Å². The molecule has 1 atom stereocenters. The van der Waals surface area contributed by atoms with Crippen molar-refractivity contribution in [1.82, 2.24) is 14.9 Å². The summed E-state index contributed by atoms with van der Waals surface area (Å²) in [6.07, 6.45) is 7.86. The molecule has 2 aromatic rings. The van der Waals surface area contributed by atoms with Gasteiger partial charge in [0.2, 0.25) is 12.3 Å². The second-order valence-corrected chi connectivity index (χ2v) is 9.05. The van der Waals surface area contributed by atoms with E-state index in [1.165, 1.54) is 12.5 Å². The number of nitrogens with one attached hydrogen (secondary N) is 3. The lowest BCUT2D eigenvalue weighted by Crippen LogP contribution is -2.37. The van der Waals surface area contributed by atoms with Crippen LogP contribution in [-0.2, 0) is 14.3 Å². The van der Waals surface area contributed by atoms with Crippen molar-refractivity contribution >= 4 is 29.8 Å². The van der Waals surface area contributed by atoms with Gasteiger partial charge in [-0.3, -0.25) is 4.79 Å². The van der Waals surface area contributed by atoms with Gasteiger partial charge in [-0.2, -0.15) is 0 Å². The summed E-state index contributed by atoms with van der Waals surface area (Å²) in [5.74, 6) is 0.900. The summed E-state index contributed by atoms with van der Waals surface area (Å²) in [7, 11) is 1.70. The maximum Gasteiger partial charge on any atom is 0.227 e. The number of nitrogens with zero attached hydrogens (tertiary/aromatic N) is 3. The van der Waals surface area contributed by atoms with Gasteiger partial charge in [0.15, 0.2) is 0 Å². The van der Waals surface area contributed by atoms with Gasteiger partial charge in [-0.1, -0.05) is 0 Å². The van der Waals surface area contributed by atoms with Crippen LogP contribution in [0.1, 0.15) is 45.1 Å². The van der Waals surface area contributed by atoms with Crippen LogP contribution in [0.15, 0.2) is 30.6 Å². The summed E-state index contributed by atoms with van der Waals surface area (Å²) in [5.41, 5.74) is 2.39. The smallest absolute Gasteiger partial charge is 0.227 e. The van der Waals surface area contributed by atoms with Crippen LogP contribution >= 0.6 is 0 Å². The Kier molecular flexibility index (Phi) is 10.9. The number of aromatic nitrogens is 2. The molecule has 196 valence electrons. The zero-order valence-corrected chi connectivity index (χ0v) is 21.4. The highest BCUT2D eigenvalue weighted by Crippen LogP contribution is 2.26. The lowest BCUT2D eigenvalue weighted by molar-refractivity contribution is -0.119. The van der Waals surface area contributed by atoms with Crippen molar-refractivity contribution in [2.75, 3.05) is 44.0 Å².